The van der Waals surface area contributed by atoms with Crippen molar-refractivity contribution in [1.29, 1.82) is 0 Å². The molecule has 0 atom stereocenters. The first-order chi connectivity index (χ1) is 29.7. The summed E-state index contributed by atoms with van der Waals surface area (Å²) in [7, 11) is 0. The summed E-state index contributed by atoms with van der Waals surface area (Å²) in [5, 5.41) is 0. The summed E-state index contributed by atoms with van der Waals surface area (Å²) in [6, 6.07) is 74.7. The number of nitrogens with zero attached hydrogens (tertiary/aromatic N) is 2. The molecule has 1 saturated carbocycles. The summed E-state index contributed by atoms with van der Waals surface area (Å²) in [5.41, 5.74) is 20.6. The highest BCUT2D eigenvalue weighted by molar-refractivity contribution is 5.85. The predicted molar refractivity (Wildman–Crippen MR) is 249 cm³/mol. The van der Waals surface area contributed by atoms with Crippen molar-refractivity contribution in [3.05, 3.63) is 217 Å². The van der Waals surface area contributed by atoms with E-state index in [0.717, 1.165) is 39.2 Å². The van der Waals surface area contributed by atoms with Crippen molar-refractivity contribution in [1.82, 2.24) is 9.97 Å². The number of hydrogen-bond donors (Lipinski definition) is 0. The van der Waals surface area contributed by atoms with E-state index in [1.807, 2.05) is 6.07 Å². The molecule has 2 aliphatic carbocycles. The third kappa shape index (κ3) is 6.55. The van der Waals surface area contributed by atoms with Crippen LogP contribution in [0.5, 0.6) is 0 Å². The molecule has 11 rings (SSSR count). The van der Waals surface area contributed by atoms with Gasteiger partial charge in [0.05, 0.1) is 11.4 Å². The zero-order chi connectivity index (χ0) is 39.9. The lowest BCUT2D eigenvalue weighted by molar-refractivity contribution is 0.353. The van der Waals surface area contributed by atoms with Crippen molar-refractivity contribution in [2.24, 2.45) is 0 Å². The van der Waals surface area contributed by atoms with Crippen molar-refractivity contribution >= 4 is 0 Å². The molecule has 0 aliphatic heterocycles. The Morgan fingerprint density at radius 2 is 0.700 bits per heavy atom. The molecule has 2 heteroatoms. The van der Waals surface area contributed by atoms with E-state index >= 15 is 0 Å². The van der Waals surface area contributed by atoms with Crippen LogP contribution in [0.4, 0.5) is 0 Å². The number of aromatic nitrogens is 2. The van der Waals surface area contributed by atoms with E-state index in [1.165, 1.54) is 82.2 Å². The van der Waals surface area contributed by atoms with Crippen molar-refractivity contribution in [2.75, 3.05) is 0 Å². The van der Waals surface area contributed by atoms with Crippen molar-refractivity contribution in [2.45, 2.75) is 37.5 Å². The Hall–Kier alpha value is -7.16. The highest BCUT2D eigenvalue weighted by atomic mass is 14.9. The Balaban J connectivity index is 0.891. The van der Waals surface area contributed by atoms with Gasteiger partial charge in [-0.2, -0.15) is 0 Å². The molecule has 1 aromatic heterocycles. The van der Waals surface area contributed by atoms with Gasteiger partial charge in [-0.3, -0.25) is 0 Å². The fraction of sp³-hybridized carbons (Fsp3) is 0.103. The summed E-state index contributed by atoms with van der Waals surface area (Å²) in [4.78, 5) is 10.3. The summed E-state index contributed by atoms with van der Waals surface area (Å²) in [6.45, 7) is 0. The third-order valence-electron chi connectivity index (χ3n) is 12.9. The molecular weight excluding hydrogens is 725 g/mol. The fourth-order valence-corrected chi connectivity index (χ4v) is 9.85. The number of hydrogen-bond acceptors (Lipinski definition) is 2. The molecule has 2 nitrogen and oxygen atoms in total. The number of benzene rings is 8. The van der Waals surface area contributed by atoms with E-state index < -0.39 is 0 Å². The minimum atomic E-state index is 0.152. The average molecular weight is 769 g/mol. The highest BCUT2D eigenvalue weighted by Crippen LogP contribution is 2.56. The minimum Gasteiger partial charge on any atom is -0.228 e. The SMILES string of the molecule is c1ccc(-c2ccc(-c3cc(-c4ccccc4)nc(-c4cccc(-c5ccc(-c6cccc(-c7ccc8c(c7)C7(CCCCC7)c7ccccc7-8)c6)cc5)c4)n3)cc2)cc1. The van der Waals surface area contributed by atoms with Gasteiger partial charge in [0, 0.05) is 22.1 Å². The Labute approximate surface area is 353 Å². The second-order valence-electron chi connectivity index (χ2n) is 16.5. The maximum Gasteiger partial charge on any atom is 0.160 e. The molecule has 1 spiro atoms. The average Bonchev–Trinajstić information content (AvgIpc) is 3.60. The van der Waals surface area contributed by atoms with Crippen molar-refractivity contribution < 1.29 is 0 Å². The number of fused-ring (bicyclic) bond motifs is 5. The topological polar surface area (TPSA) is 25.8 Å². The molecule has 1 fully saturated rings. The van der Waals surface area contributed by atoms with Gasteiger partial charge in [0.1, 0.15) is 0 Å². The lowest BCUT2D eigenvalue weighted by Crippen LogP contribution is -2.28. The van der Waals surface area contributed by atoms with E-state index in [9.17, 15) is 0 Å². The molecule has 0 unspecified atom stereocenters. The quantitative estimate of drug-likeness (QED) is 0.161. The van der Waals surface area contributed by atoms with Crippen LogP contribution in [0.1, 0.15) is 43.2 Å². The molecule has 0 radical (unpaired) electrons. The minimum absolute atomic E-state index is 0.152. The smallest absolute Gasteiger partial charge is 0.160 e. The van der Waals surface area contributed by atoms with E-state index in [1.54, 1.807) is 5.56 Å². The fourth-order valence-electron chi connectivity index (χ4n) is 9.85. The van der Waals surface area contributed by atoms with Gasteiger partial charge >= 0.3 is 0 Å². The molecular formula is C58H44N2. The molecule has 286 valence electrons. The Kier molecular flexibility index (Phi) is 9.12. The zero-order valence-electron chi connectivity index (χ0n) is 33.6. The molecule has 60 heavy (non-hydrogen) atoms. The van der Waals surface area contributed by atoms with Crippen LogP contribution < -0.4 is 0 Å². The Morgan fingerprint density at radius 1 is 0.283 bits per heavy atom. The van der Waals surface area contributed by atoms with Gasteiger partial charge in [-0.25, -0.2) is 9.97 Å². The molecule has 0 saturated heterocycles. The number of rotatable bonds is 7. The largest absolute Gasteiger partial charge is 0.228 e. The normalized spacial score (nSPS) is 13.8. The Bertz CT molecular complexity index is 2980. The third-order valence-corrected chi connectivity index (χ3v) is 12.9. The summed E-state index contributed by atoms with van der Waals surface area (Å²) >= 11 is 0. The van der Waals surface area contributed by atoms with E-state index in [-0.39, 0.29) is 5.41 Å². The maximum atomic E-state index is 5.17. The van der Waals surface area contributed by atoms with Crippen LogP contribution >= 0.6 is 0 Å². The monoisotopic (exact) mass is 768 g/mol. The predicted octanol–water partition coefficient (Wildman–Crippen LogP) is 15.4. The van der Waals surface area contributed by atoms with Crippen LogP contribution in [0, 0.1) is 0 Å². The summed E-state index contributed by atoms with van der Waals surface area (Å²) in [5.74, 6) is 0.707. The zero-order valence-corrected chi connectivity index (χ0v) is 33.6. The van der Waals surface area contributed by atoms with Crippen LogP contribution in [0.2, 0.25) is 0 Å². The van der Waals surface area contributed by atoms with Crippen LogP contribution in [0.3, 0.4) is 0 Å². The van der Waals surface area contributed by atoms with Gasteiger partial charge in [-0.15, -0.1) is 0 Å². The molecule has 0 bridgehead atoms. The molecule has 0 amide bonds. The van der Waals surface area contributed by atoms with E-state index in [2.05, 4.69) is 200 Å². The van der Waals surface area contributed by atoms with Crippen molar-refractivity contribution in [3.8, 4) is 89.5 Å². The van der Waals surface area contributed by atoms with Gasteiger partial charge in [-0.05, 0) is 104 Å². The second-order valence-corrected chi connectivity index (χ2v) is 16.5. The van der Waals surface area contributed by atoms with Gasteiger partial charge in [0.25, 0.3) is 0 Å². The second kappa shape index (κ2) is 15.2. The summed E-state index contributed by atoms with van der Waals surface area (Å²) in [6.07, 6.45) is 6.43. The van der Waals surface area contributed by atoms with Crippen LogP contribution in [0.25, 0.3) is 89.5 Å². The molecule has 8 aromatic carbocycles. The molecule has 0 N–H and O–H groups in total. The maximum absolute atomic E-state index is 5.17. The summed E-state index contributed by atoms with van der Waals surface area (Å²) < 4.78 is 0. The van der Waals surface area contributed by atoms with Crippen LogP contribution in [0.15, 0.2) is 206 Å². The van der Waals surface area contributed by atoms with Gasteiger partial charge < -0.3 is 0 Å². The molecule has 1 heterocycles. The van der Waals surface area contributed by atoms with Gasteiger partial charge in [0.2, 0.25) is 0 Å². The first-order valence-corrected chi connectivity index (χ1v) is 21.4. The highest BCUT2D eigenvalue weighted by Gasteiger charge is 2.43. The molecule has 9 aromatic rings. The standard InChI is InChI=1S/C58H44N2/c1-4-14-40(15-5-1)41-28-30-45(31-29-41)56-39-55(44-16-6-2-7-17-44)59-57(60-56)50-21-13-19-47(37-50)43-26-24-42(25-27-43)46-18-12-20-48(36-46)49-32-33-52-51-22-8-9-23-53(51)58(54(52)38-49)34-10-3-11-35-58/h1-2,4-9,12-33,36-39H,3,10-11,34-35H2. The van der Waals surface area contributed by atoms with Crippen molar-refractivity contribution in [3.63, 3.8) is 0 Å². The Morgan fingerprint density at radius 3 is 1.35 bits per heavy atom. The van der Waals surface area contributed by atoms with Crippen LogP contribution in [-0.4, -0.2) is 9.97 Å². The lowest BCUT2D eigenvalue weighted by atomic mass is 9.67. The first kappa shape index (κ1) is 36.0. The van der Waals surface area contributed by atoms with Crippen LogP contribution in [-0.2, 0) is 5.41 Å². The van der Waals surface area contributed by atoms with Gasteiger partial charge in [-0.1, -0.05) is 201 Å². The first-order valence-electron chi connectivity index (χ1n) is 21.4. The van der Waals surface area contributed by atoms with Gasteiger partial charge in [0.15, 0.2) is 5.82 Å². The lowest BCUT2D eigenvalue weighted by Gasteiger charge is -2.36. The van der Waals surface area contributed by atoms with E-state index in [4.69, 9.17) is 9.97 Å². The van der Waals surface area contributed by atoms with E-state index in [0.29, 0.717) is 5.82 Å². The molecule has 2 aliphatic rings.